The molecule has 2 heterocycles. The van der Waals surface area contributed by atoms with E-state index in [1.165, 1.54) is 18.5 Å². The van der Waals surface area contributed by atoms with Crippen LogP contribution in [-0.4, -0.2) is 38.4 Å². The zero-order valence-electron chi connectivity index (χ0n) is 15.5. The molecule has 2 aromatic carbocycles. The minimum Gasteiger partial charge on any atom is -0.508 e. The normalized spacial score (nSPS) is 11.1. The topological polar surface area (TPSA) is 93.1 Å². The van der Waals surface area contributed by atoms with Crippen molar-refractivity contribution >= 4 is 34.1 Å². The molecule has 0 amide bonds. The second-order valence-electron chi connectivity index (χ2n) is 6.63. The van der Waals surface area contributed by atoms with E-state index in [0.29, 0.717) is 40.4 Å². The lowest BCUT2D eigenvalue weighted by Gasteiger charge is -2.19. The quantitative estimate of drug-likeness (QED) is 0.519. The van der Waals surface area contributed by atoms with Crippen LogP contribution < -0.4 is 10.6 Å². The van der Waals surface area contributed by atoms with Crippen molar-refractivity contribution in [1.82, 2.24) is 19.7 Å². The van der Waals surface area contributed by atoms with Crippen molar-refractivity contribution in [3.8, 4) is 17.0 Å². The summed E-state index contributed by atoms with van der Waals surface area (Å²) in [5.41, 5.74) is 8.43. The minimum atomic E-state index is -0.569. The summed E-state index contributed by atoms with van der Waals surface area (Å²) in [4.78, 5) is 10.4. The Morgan fingerprint density at radius 2 is 1.93 bits per heavy atom. The first-order valence-electron chi connectivity index (χ1n) is 8.86. The van der Waals surface area contributed by atoms with Gasteiger partial charge in [-0.1, -0.05) is 11.6 Å². The molecule has 0 aliphatic carbocycles. The zero-order chi connectivity index (χ0) is 20.5. The highest BCUT2D eigenvalue weighted by Gasteiger charge is 2.18. The summed E-state index contributed by atoms with van der Waals surface area (Å²) in [5.74, 6) is -0.521. The second kappa shape index (κ2) is 7.56. The summed E-state index contributed by atoms with van der Waals surface area (Å²) in [6.45, 7) is 1.14. The number of hydrogen-bond acceptors (Lipinski definition) is 6. The molecule has 0 saturated carbocycles. The molecule has 2 aromatic heterocycles. The Balaban J connectivity index is 1.70. The van der Waals surface area contributed by atoms with E-state index in [1.807, 2.05) is 31.3 Å². The van der Waals surface area contributed by atoms with Gasteiger partial charge in [0, 0.05) is 35.9 Å². The van der Waals surface area contributed by atoms with Crippen LogP contribution in [0.3, 0.4) is 0 Å². The number of aromatic nitrogens is 4. The van der Waals surface area contributed by atoms with Gasteiger partial charge in [-0.15, -0.1) is 0 Å². The highest BCUT2D eigenvalue weighted by Crippen LogP contribution is 2.32. The third-order valence-corrected chi connectivity index (χ3v) is 4.88. The molecule has 0 spiro atoms. The van der Waals surface area contributed by atoms with Crippen LogP contribution in [0.5, 0.6) is 5.75 Å². The molecule has 7 nitrogen and oxygen atoms in total. The lowest BCUT2D eigenvalue weighted by atomic mass is 10.1. The lowest BCUT2D eigenvalue weighted by Crippen LogP contribution is -2.23. The summed E-state index contributed by atoms with van der Waals surface area (Å²) in [5, 5.41) is 15.6. The first kappa shape index (κ1) is 18.9. The zero-order valence-corrected chi connectivity index (χ0v) is 16.3. The maximum atomic E-state index is 13.8. The van der Waals surface area contributed by atoms with Crippen LogP contribution >= 0.6 is 11.6 Å². The average Bonchev–Trinajstić information content (AvgIpc) is 3.06. The molecule has 148 valence electrons. The molecule has 0 atom stereocenters. The number of fused-ring (bicyclic) bond motifs is 1. The van der Waals surface area contributed by atoms with Gasteiger partial charge in [-0.3, -0.25) is 0 Å². The van der Waals surface area contributed by atoms with Crippen molar-refractivity contribution in [3.63, 3.8) is 0 Å². The Bertz CT molecular complexity index is 1160. The molecule has 0 fully saturated rings. The predicted molar refractivity (Wildman–Crippen MR) is 112 cm³/mol. The number of anilines is 2. The van der Waals surface area contributed by atoms with Gasteiger partial charge in [0.15, 0.2) is 5.65 Å². The molecular formula is C20H18ClFN6O. The Hall–Kier alpha value is -3.39. The molecule has 0 aliphatic heterocycles. The predicted octanol–water partition coefficient (Wildman–Crippen LogP) is 3.71. The molecule has 9 heteroatoms. The summed E-state index contributed by atoms with van der Waals surface area (Å²) >= 11 is 5.95. The van der Waals surface area contributed by atoms with E-state index in [-0.39, 0.29) is 11.6 Å². The van der Waals surface area contributed by atoms with Crippen LogP contribution in [0.15, 0.2) is 48.8 Å². The Morgan fingerprint density at radius 3 is 2.66 bits per heavy atom. The SMILES string of the molecule is CN(CCn1nc(-c2cc(O)cc(F)c2)c2c(N)ncnc21)c1ccc(Cl)cc1. The van der Waals surface area contributed by atoms with Gasteiger partial charge in [0.05, 0.1) is 11.9 Å². The number of nitrogen functional groups attached to an aromatic ring is 1. The van der Waals surface area contributed by atoms with E-state index in [0.717, 1.165) is 11.8 Å². The van der Waals surface area contributed by atoms with Crippen molar-refractivity contribution in [3.05, 3.63) is 59.6 Å². The van der Waals surface area contributed by atoms with Crippen LogP contribution in [-0.2, 0) is 6.54 Å². The van der Waals surface area contributed by atoms with Gasteiger partial charge in [-0.05, 0) is 36.4 Å². The molecule has 0 bridgehead atoms. The molecule has 0 radical (unpaired) electrons. The fraction of sp³-hybridized carbons (Fsp3) is 0.150. The van der Waals surface area contributed by atoms with E-state index >= 15 is 0 Å². The molecule has 4 aromatic rings. The number of likely N-dealkylation sites (N-methyl/N-ethyl adjacent to an activating group) is 1. The van der Waals surface area contributed by atoms with E-state index in [2.05, 4.69) is 20.0 Å². The number of aromatic hydroxyl groups is 1. The van der Waals surface area contributed by atoms with Crippen LogP contribution in [0.25, 0.3) is 22.3 Å². The van der Waals surface area contributed by atoms with Crippen molar-refractivity contribution in [1.29, 1.82) is 0 Å². The van der Waals surface area contributed by atoms with E-state index in [1.54, 1.807) is 4.68 Å². The number of rotatable bonds is 5. The van der Waals surface area contributed by atoms with Crippen molar-refractivity contribution in [2.45, 2.75) is 6.54 Å². The number of phenolic OH excluding ortho intramolecular Hbond substituents is 1. The van der Waals surface area contributed by atoms with Gasteiger partial charge < -0.3 is 15.7 Å². The van der Waals surface area contributed by atoms with Crippen LogP contribution in [0, 0.1) is 5.82 Å². The minimum absolute atomic E-state index is 0.194. The first-order chi connectivity index (χ1) is 13.9. The smallest absolute Gasteiger partial charge is 0.164 e. The fourth-order valence-corrected chi connectivity index (χ4v) is 3.29. The third-order valence-electron chi connectivity index (χ3n) is 4.63. The highest BCUT2D eigenvalue weighted by molar-refractivity contribution is 6.30. The van der Waals surface area contributed by atoms with Crippen molar-refractivity contribution in [2.75, 3.05) is 24.2 Å². The molecule has 3 N–H and O–H groups in total. The van der Waals surface area contributed by atoms with Crippen LogP contribution in [0.4, 0.5) is 15.9 Å². The number of hydrogen-bond donors (Lipinski definition) is 2. The maximum Gasteiger partial charge on any atom is 0.164 e. The van der Waals surface area contributed by atoms with Gasteiger partial charge in [-0.2, -0.15) is 5.10 Å². The fourth-order valence-electron chi connectivity index (χ4n) is 3.17. The van der Waals surface area contributed by atoms with Crippen molar-refractivity contribution < 1.29 is 9.50 Å². The van der Waals surface area contributed by atoms with E-state index < -0.39 is 5.82 Å². The highest BCUT2D eigenvalue weighted by atomic mass is 35.5. The van der Waals surface area contributed by atoms with Crippen molar-refractivity contribution in [2.24, 2.45) is 0 Å². The van der Waals surface area contributed by atoms with Gasteiger partial charge in [0.25, 0.3) is 0 Å². The average molecular weight is 413 g/mol. The Morgan fingerprint density at radius 1 is 1.17 bits per heavy atom. The number of phenols is 1. The molecule has 4 rings (SSSR count). The summed E-state index contributed by atoms with van der Waals surface area (Å²) in [7, 11) is 1.96. The molecule has 0 aliphatic rings. The van der Waals surface area contributed by atoms with Gasteiger partial charge in [0.1, 0.15) is 29.4 Å². The number of nitrogens with two attached hydrogens (primary N) is 1. The van der Waals surface area contributed by atoms with E-state index in [4.69, 9.17) is 17.3 Å². The van der Waals surface area contributed by atoms with Gasteiger partial charge in [0.2, 0.25) is 0 Å². The number of nitrogens with zero attached hydrogens (tertiary/aromatic N) is 5. The number of halogens is 2. The lowest BCUT2D eigenvalue weighted by molar-refractivity contribution is 0.469. The molecule has 0 saturated heterocycles. The standard InChI is InChI=1S/C20H18ClFN6O/c1-27(15-4-2-13(21)3-5-15)6-7-28-20-17(19(23)24-11-25-20)18(26-28)12-8-14(22)10-16(29)9-12/h2-5,8-11,29H,6-7H2,1H3,(H2,23,24,25). The largest absolute Gasteiger partial charge is 0.508 e. The molecule has 29 heavy (non-hydrogen) atoms. The summed E-state index contributed by atoms with van der Waals surface area (Å²) in [6, 6.07) is 11.3. The molecular weight excluding hydrogens is 395 g/mol. The van der Waals surface area contributed by atoms with Crippen LogP contribution in [0.2, 0.25) is 5.02 Å². The molecule has 0 unspecified atom stereocenters. The Kier molecular flexibility index (Phi) is 4.94. The second-order valence-corrected chi connectivity index (χ2v) is 7.06. The third kappa shape index (κ3) is 3.79. The van der Waals surface area contributed by atoms with E-state index in [9.17, 15) is 9.50 Å². The Labute approximate surface area is 171 Å². The number of benzene rings is 2. The van der Waals surface area contributed by atoms with Crippen LogP contribution in [0.1, 0.15) is 0 Å². The monoisotopic (exact) mass is 412 g/mol. The summed E-state index contributed by atoms with van der Waals surface area (Å²) in [6.07, 6.45) is 1.37. The summed E-state index contributed by atoms with van der Waals surface area (Å²) < 4.78 is 15.5. The van der Waals surface area contributed by atoms with Gasteiger partial charge in [-0.25, -0.2) is 19.0 Å². The first-order valence-corrected chi connectivity index (χ1v) is 9.24. The van der Waals surface area contributed by atoms with Gasteiger partial charge >= 0.3 is 0 Å². The maximum absolute atomic E-state index is 13.8.